The average molecular weight is 290 g/mol. The molecule has 0 spiro atoms. The Morgan fingerprint density at radius 1 is 1.37 bits per heavy atom. The van der Waals surface area contributed by atoms with Crippen molar-refractivity contribution in [3.63, 3.8) is 0 Å². The summed E-state index contributed by atoms with van der Waals surface area (Å²) in [4.78, 5) is 8.25. The summed E-state index contributed by atoms with van der Waals surface area (Å²) >= 11 is 0. The van der Waals surface area contributed by atoms with Crippen molar-refractivity contribution < 1.29 is 13.2 Å². The minimum atomic E-state index is -3.51. The molecule has 6 N–H and O–H groups in total. The zero-order valence-corrected chi connectivity index (χ0v) is 11.4. The summed E-state index contributed by atoms with van der Waals surface area (Å²) in [6, 6.07) is 1.55. The predicted octanol–water partition coefficient (Wildman–Crippen LogP) is -1.00. The Balaban J connectivity index is 2.70. The minimum absolute atomic E-state index is 0.147. The Kier molecular flexibility index (Phi) is 5.89. The molecule has 0 unspecified atom stereocenters. The summed E-state index contributed by atoms with van der Waals surface area (Å²) in [6.07, 6.45) is 0. The van der Waals surface area contributed by atoms with E-state index in [0.29, 0.717) is 24.1 Å². The smallest absolute Gasteiger partial charge is 0.210 e. The van der Waals surface area contributed by atoms with Crippen LogP contribution in [0.3, 0.4) is 0 Å². The number of anilines is 2. The van der Waals surface area contributed by atoms with Crippen molar-refractivity contribution in [3.8, 4) is 0 Å². The lowest BCUT2D eigenvalue weighted by atomic mass is 10.5. The molecule has 0 aliphatic heterocycles. The van der Waals surface area contributed by atoms with Gasteiger partial charge in [0.05, 0.1) is 5.75 Å². The summed E-state index contributed by atoms with van der Waals surface area (Å²) < 4.78 is 26.8. The first-order chi connectivity index (χ1) is 8.94. The topological polar surface area (TPSA) is 145 Å². The van der Waals surface area contributed by atoms with Gasteiger partial charge in [-0.3, -0.25) is 0 Å². The number of aromatic nitrogens is 2. The first kappa shape index (κ1) is 15.6. The third-order valence-corrected chi connectivity index (χ3v) is 2.82. The molecule has 1 aromatic heterocycles. The second-order valence-corrected chi connectivity index (χ2v) is 5.36. The number of hydrogen-bond donors (Lipinski definition) is 4. The highest BCUT2D eigenvalue weighted by Gasteiger charge is 2.06. The lowest BCUT2D eigenvalue weighted by Gasteiger charge is -2.09. The van der Waals surface area contributed by atoms with Crippen molar-refractivity contribution >= 4 is 21.7 Å². The summed E-state index contributed by atoms with van der Waals surface area (Å²) in [5.41, 5.74) is 2.40. The molecule has 0 aromatic carbocycles. The molecule has 0 saturated heterocycles. The molecule has 1 rings (SSSR count). The van der Waals surface area contributed by atoms with Crippen LogP contribution in [-0.4, -0.2) is 37.3 Å². The quantitative estimate of drug-likeness (QED) is 0.352. The van der Waals surface area contributed by atoms with Gasteiger partial charge in [-0.05, 0) is 6.92 Å². The Labute approximate surface area is 111 Å². The van der Waals surface area contributed by atoms with Gasteiger partial charge in [0.2, 0.25) is 10.0 Å². The van der Waals surface area contributed by atoms with Gasteiger partial charge in [-0.25, -0.2) is 29.4 Å². The van der Waals surface area contributed by atoms with E-state index in [1.807, 2.05) is 6.92 Å². The number of rotatable bonds is 8. The number of hydrogen-bond acceptors (Lipinski definition) is 8. The standard InChI is InChI=1S/C9H18N6O3S/c1-2-18-6-9-13-7(5-8(14-9)15-10)12-3-4-19(11,16)17/h5H,2-4,6,10H2,1H3,(H2,11,16,17)(H2,12,13,14,15). The molecule has 0 aliphatic carbocycles. The SMILES string of the molecule is CCOCc1nc(NN)cc(NCCS(N)(=O)=O)n1. The van der Waals surface area contributed by atoms with Crippen LogP contribution in [0.15, 0.2) is 6.07 Å². The first-order valence-corrected chi connectivity index (χ1v) is 7.33. The summed E-state index contributed by atoms with van der Waals surface area (Å²) in [6.45, 7) is 2.79. The van der Waals surface area contributed by atoms with Gasteiger partial charge >= 0.3 is 0 Å². The molecule has 1 heterocycles. The van der Waals surface area contributed by atoms with E-state index in [9.17, 15) is 8.42 Å². The van der Waals surface area contributed by atoms with Gasteiger partial charge in [-0.2, -0.15) is 0 Å². The predicted molar refractivity (Wildman–Crippen MR) is 71.6 cm³/mol. The van der Waals surface area contributed by atoms with Crippen LogP contribution in [0.2, 0.25) is 0 Å². The van der Waals surface area contributed by atoms with Crippen molar-refractivity contribution in [1.82, 2.24) is 9.97 Å². The molecular weight excluding hydrogens is 272 g/mol. The maximum atomic E-state index is 10.8. The van der Waals surface area contributed by atoms with E-state index in [4.69, 9.17) is 15.7 Å². The molecule has 0 aliphatic rings. The number of sulfonamides is 1. The Morgan fingerprint density at radius 3 is 2.63 bits per heavy atom. The Bertz CT molecular complexity index is 507. The normalized spacial score (nSPS) is 11.3. The van der Waals surface area contributed by atoms with Gasteiger partial charge in [0.1, 0.15) is 18.2 Å². The van der Waals surface area contributed by atoms with Gasteiger partial charge < -0.3 is 15.5 Å². The third kappa shape index (κ3) is 6.29. The van der Waals surface area contributed by atoms with Crippen molar-refractivity contribution in [2.24, 2.45) is 11.0 Å². The van der Waals surface area contributed by atoms with Gasteiger partial charge in [0.25, 0.3) is 0 Å². The summed E-state index contributed by atoms with van der Waals surface area (Å²) in [5, 5.41) is 7.73. The van der Waals surface area contributed by atoms with Crippen molar-refractivity contribution in [1.29, 1.82) is 0 Å². The number of nitrogens with two attached hydrogens (primary N) is 2. The van der Waals surface area contributed by atoms with Crippen LogP contribution in [0.1, 0.15) is 12.7 Å². The fraction of sp³-hybridized carbons (Fsp3) is 0.556. The number of nitrogens with one attached hydrogen (secondary N) is 2. The monoisotopic (exact) mass is 290 g/mol. The lowest BCUT2D eigenvalue weighted by Crippen LogP contribution is -2.23. The van der Waals surface area contributed by atoms with Crippen LogP contribution in [0.25, 0.3) is 0 Å². The zero-order valence-electron chi connectivity index (χ0n) is 10.6. The van der Waals surface area contributed by atoms with E-state index in [0.717, 1.165) is 0 Å². The maximum absolute atomic E-state index is 10.8. The number of nitrogens with zero attached hydrogens (tertiary/aromatic N) is 2. The van der Waals surface area contributed by atoms with Crippen molar-refractivity contribution in [3.05, 3.63) is 11.9 Å². The van der Waals surface area contributed by atoms with Gasteiger partial charge in [-0.1, -0.05) is 0 Å². The second-order valence-electron chi connectivity index (χ2n) is 3.63. The molecule has 0 atom stereocenters. The number of ether oxygens (including phenoxy) is 1. The first-order valence-electron chi connectivity index (χ1n) is 5.61. The number of hydrazine groups is 1. The van der Waals surface area contributed by atoms with E-state index in [1.54, 1.807) is 6.07 Å². The highest BCUT2D eigenvalue weighted by molar-refractivity contribution is 7.89. The molecule has 108 valence electrons. The van der Waals surface area contributed by atoms with Crippen molar-refractivity contribution in [2.75, 3.05) is 29.6 Å². The molecule has 0 radical (unpaired) electrons. The van der Waals surface area contributed by atoms with E-state index < -0.39 is 10.0 Å². The number of nitrogen functional groups attached to an aromatic ring is 1. The molecule has 1 aromatic rings. The molecule has 0 bridgehead atoms. The average Bonchev–Trinajstić information content (AvgIpc) is 2.34. The Morgan fingerprint density at radius 2 is 2.05 bits per heavy atom. The van der Waals surface area contributed by atoms with Crippen LogP contribution >= 0.6 is 0 Å². The van der Waals surface area contributed by atoms with E-state index in [2.05, 4.69) is 20.7 Å². The highest BCUT2D eigenvalue weighted by atomic mass is 32.2. The largest absolute Gasteiger partial charge is 0.374 e. The highest BCUT2D eigenvalue weighted by Crippen LogP contribution is 2.10. The van der Waals surface area contributed by atoms with Crippen LogP contribution in [-0.2, 0) is 21.4 Å². The van der Waals surface area contributed by atoms with Crippen LogP contribution in [0.4, 0.5) is 11.6 Å². The fourth-order valence-electron chi connectivity index (χ4n) is 1.24. The fourth-order valence-corrected chi connectivity index (χ4v) is 1.63. The molecule has 19 heavy (non-hydrogen) atoms. The van der Waals surface area contributed by atoms with E-state index >= 15 is 0 Å². The molecule has 0 saturated carbocycles. The van der Waals surface area contributed by atoms with Crippen molar-refractivity contribution in [2.45, 2.75) is 13.5 Å². The lowest BCUT2D eigenvalue weighted by molar-refractivity contribution is 0.128. The Hall–Kier alpha value is -1.49. The van der Waals surface area contributed by atoms with Gasteiger partial charge in [0.15, 0.2) is 5.82 Å². The molecule has 0 fully saturated rings. The van der Waals surface area contributed by atoms with Gasteiger partial charge in [0, 0.05) is 19.2 Å². The van der Waals surface area contributed by atoms with Crippen LogP contribution < -0.4 is 21.7 Å². The van der Waals surface area contributed by atoms with Crippen LogP contribution in [0.5, 0.6) is 0 Å². The van der Waals surface area contributed by atoms with Crippen LogP contribution in [0, 0.1) is 0 Å². The van der Waals surface area contributed by atoms with E-state index in [-0.39, 0.29) is 18.9 Å². The van der Waals surface area contributed by atoms with E-state index in [1.165, 1.54) is 0 Å². The zero-order chi connectivity index (χ0) is 14.3. The maximum Gasteiger partial charge on any atom is 0.210 e. The van der Waals surface area contributed by atoms with Gasteiger partial charge in [-0.15, -0.1) is 0 Å². The third-order valence-electron chi connectivity index (χ3n) is 2.05. The molecule has 0 amide bonds. The molecule has 9 nitrogen and oxygen atoms in total. The summed E-state index contributed by atoms with van der Waals surface area (Å²) in [7, 11) is -3.51. The number of primary sulfonamides is 1. The second kappa shape index (κ2) is 7.19. The minimum Gasteiger partial charge on any atom is -0.374 e. The molecule has 10 heteroatoms. The molecular formula is C9H18N6O3S. The summed E-state index contributed by atoms with van der Waals surface area (Å²) in [5.74, 6) is 6.39.